The topological polar surface area (TPSA) is 30.0 Å². The van der Waals surface area contributed by atoms with Crippen molar-refractivity contribution >= 4 is 16.8 Å². The van der Waals surface area contributed by atoms with Gasteiger partial charge in [0.15, 0.2) is 0 Å². The summed E-state index contributed by atoms with van der Waals surface area (Å²) in [5.41, 5.74) is 0.373. The van der Waals surface area contributed by atoms with Crippen LogP contribution in [-0.4, -0.2) is 10.2 Å². The molecule has 76 valence electrons. The van der Waals surface area contributed by atoms with Gasteiger partial charge in [-0.2, -0.15) is 0 Å². The Morgan fingerprint density at radius 2 is 2.00 bits per heavy atom. The fraction of sp³-hybridized carbons (Fsp3) is 0.333. The van der Waals surface area contributed by atoms with E-state index in [4.69, 9.17) is 11.6 Å². The molecule has 14 heavy (non-hydrogen) atoms. The Kier molecular flexibility index (Phi) is 3.16. The predicted octanol–water partition coefficient (Wildman–Crippen LogP) is 3.02. The number of hydrogen-bond acceptors (Lipinski definition) is 2. The quantitative estimate of drug-likeness (QED) is 0.716. The molecule has 0 aromatic carbocycles. The maximum absolute atomic E-state index is 12.4. The zero-order valence-electron chi connectivity index (χ0n) is 7.64. The van der Waals surface area contributed by atoms with E-state index in [1.54, 1.807) is 6.92 Å². The van der Waals surface area contributed by atoms with Crippen LogP contribution in [-0.2, 0) is 0 Å². The molecule has 2 nitrogen and oxygen atoms in total. The maximum atomic E-state index is 12.4. The van der Waals surface area contributed by atoms with E-state index in [-0.39, 0.29) is 16.8 Å². The lowest BCUT2D eigenvalue weighted by Crippen LogP contribution is -2.03. The van der Waals surface area contributed by atoms with Crippen molar-refractivity contribution in [3.63, 3.8) is 0 Å². The Balaban J connectivity index is 3.34. The molecule has 0 amide bonds. The van der Waals surface area contributed by atoms with Gasteiger partial charge < -0.3 is 0 Å². The van der Waals surface area contributed by atoms with Gasteiger partial charge >= 0.3 is 0 Å². The highest BCUT2D eigenvalue weighted by molar-refractivity contribution is 6.67. The molecule has 0 saturated heterocycles. The molecule has 0 spiro atoms. The Morgan fingerprint density at radius 3 is 2.43 bits per heavy atom. The predicted molar refractivity (Wildman–Crippen MR) is 48.9 cm³/mol. The zero-order valence-corrected chi connectivity index (χ0v) is 8.40. The second kappa shape index (κ2) is 4.00. The number of nitrogens with zero attached hydrogens (tertiary/aromatic N) is 1. The minimum atomic E-state index is -2.64. The van der Waals surface area contributed by atoms with E-state index in [9.17, 15) is 13.6 Å². The van der Waals surface area contributed by atoms with Crippen LogP contribution in [0.3, 0.4) is 0 Å². The van der Waals surface area contributed by atoms with Crippen LogP contribution < -0.4 is 0 Å². The molecule has 1 rings (SSSR count). The monoisotopic (exact) mass is 219 g/mol. The van der Waals surface area contributed by atoms with Crippen LogP contribution in [0.2, 0.25) is 0 Å². The van der Waals surface area contributed by atoms with Crippen molar-refractivity contribution in [3.8, 4) is 0 Å². The first kappa shape index (κ1) is 11.0. The lowest BCUT2D eigenvalue weighted by atomic mass is 10.1. The minimum Gasteiger partial charge on any atom is -0.276 e. The average molecular weight is 220 g/mol. The summed E-state index contributed by atoms with van der Waals surface area (Å²) < 4.78 is 24.8. The maximum Gasteiger partial charge on any atom is 0.265 e. The van der Waals surface area contributed by atoms with E-state index in [1.807, 2.05) is 0 Å². The van der Waals surface area contributed by atoms with Crippen LogP contribution in [0.1, 0.15) is 33.7 Å². The zero-order chi connectivity index (χ0) is 10.9. The Morgan fingerprint density at radius 1 is 1.43 bits per heavy atom. The molecule has 0 unspecified atom stereocenters. The number of hydrogen-bond donors (Lipinski definition) is 0. The molecule has 0 radical (unpaired) electrons. The first-order chi connectivity index (χ1) is 6.43. The summed E-state index contributed by atoms with van der Waals surface area (Å²) in [6, 6.07) is 1.09. The van der Waals surface area contributed by atoms with E-state index in [1.165, 1.54) is 6.92 Å². The van der Waals surface area contributed by atoms with E-state index in [0.717, 1.165) is 6.07 Å². The molecule has 0 bridgehead atoms. The summed E-state index contributed by atoms with van der Waals surface area (Å²) in [6.45, 7) is 3.02. The Hall–Kier alpha value is -1.03. The van der Waals surface area contributed by atoms with Crippen molar-refractivity contribution in [2.24, 2.45) is 0 Å². The number of aryl methyl sites for hydroxylation is 2. The van der Waals surface area contributed by atoms with Gasteiger partial charge in [-0.3, -0.25) is 9.78 Å². The van der Waals surface area contributed by atoms with Crippen molar-refractivity contribution in [2.45, 2.75) is 20.3 Å². The SMILES string of the molecule is Cc1nc(C)c(C(F)F)cc1C(=O)Cl. The third-order valence-electron chi connectivity index (χ3n) is 1.89. The van der Waals surface area contributed by atoms with Crippen LogP contribution in [0, 0.1) is 13.8 Å². The number of pyridine rings is 1. The molecular weight excluding hydrogens is 212 g/mol. The normalized spacial score (nSPS) is 10.7. The van der Waals surface area contributed by atoms with Gasteiger partial charge in [0.25, 0.3) is 11.7 Å². The van der Waals surface area contributed by atoms with E-state index in [2.05, 4.69) is 4.98 Å². The lowest BCUT2D eigenvalue weighted by Gasteiger charge is -2.07. The molecule has 0 atom stereocenters. The summed E-state index contributed by atoms with van der Waals surface area (Å²) in [6.07, 6.45) is -2.64. The summed E-state index contributed by atoms with van der Waals surface area (Å²) >= 11 is 5.21. The van der Waals surface area contributed by atoms with E-state index >= 15 is 0 Å². The molecule has 1 aromatic heterocycles. The second-order valence-corrected chi connectivity index (χ2v) is 3.21. The molecule has 0 aliphatic carbocycles. The van der Waals surface area contributed by atoms with Crippen molar-refractivity contribution in [3.05, 3.63) is 28.6 Å². The van der Waals surface area contributed by atoms with Crippen molar-refractivity contribution < 1.29 is 13.6 Å². The van der Waals surface area contributed by atoms with Crippen molar-refractivity contribution in [1.29, 1.82) is 0 Å². The fourth-order valence-electron chi connectivity index (χ4n) is 1.16. The Labute approximate surface area is 84.9 Å². The number of carbonyl (C=O) groups is 1. The molecule has 5 heteroatoms. The van der Waals surface area contributed by atoms with Gasteiger partial charge in [0, 0.05) is 17.0 Å². The number of carbonyl (C=O) groups excluding carboxylic acids is 1. The molecule has 0 N–H and O–H groups in total. The highest BCUT2D eigenvalue weighted by Gasteiger charge is 2.16. The average Bonchev–Trinajstić information content (AvgIpc) is 2.02. The van der Waals surface area contributed by atoms with Gasteiger partial charge in [-0.1, -0.05) is 0 Å². The van der Waals surface area contributed by atoms with Crippen LogP contribution in [0.25, 0.3) is 0 Å². The minimum absolute atomic E-state index is 0.0348. The number of rotatable bonds is 2. The fourth-order valence-corrected chi connectivity index (χ4v) is 1.35. The molecule has 0 aliphatic heterocycles. The van der Waals surface area contributed by atoms with Gasteiger partial charge in [0.1, 0.15) is 0 Å². The number of aromatic nitrogens is 1. The van der Waals surface area contributed by atoms with Crippen molar-refractivity contribution in [1.82, 2.24) is 4.98 Å². The van der Waals surface area contributed by atoms with Crippen molar-refractivity contribution in [2.75, 3.05) is 0 Å². The van der Waals surface area contributed by atoms with Gasteiger partial charge in [-0.25, -0.2) is 8.78 Å². The number of halogens is 3. The largest absolute Gasteiger partial charge is 0.276 e. The molecule has 0 aliphatic rings. The van der Waals surface area contributed by atoms with Gasteiger partial charge in [-0.15, -0.1) is 0 Å². The summed E-state index contributed by atoms with van der Waals surface area (Å²) in [7, 11) is 0. The van der Waals surface area contributed by atoms with Crippen LogP contribution >= 0.6 is 11.6 Å². The third-order valence-corrected chi connectivity index (χ3v) is 2.09. The summed E-state index contributed by atoms with van der Waals surface area (Å²) in [5, 5.41) is -0.767. The molecule has 1 heterocycles. The summed E-state index contributed by atoms with van der Waals surface area (Å²) in [4.78, 5) is 14.7. The molecular formula is C9H8ClF2NO. The first-order valence-electron chi connectivity index (χ1n) is 3.89. The first-order valence-corrected chi connectivity index (χ1v) is 4.27. The van der Waals surface area contributed by atoms with Gasteiger partial charge in [0.05, 0.1) is 5.56 Å². The highest BCUT2D eigenvalue weighted by atomic mass is 35.5. The second-order valence-electron chi connectivity index (χ2n) is 2.87. The standard InChI is InChI=1S/C9H8ClF2NO/c1-4-6(8(10)14)3-7(9(11)12)5(2)13-4/h3,9H,1-2H3. The van der Waals surface area contributed by atoms with Gasteiger partial charge in [-0.05, 0) is 31.5 Å². The lowest BCUT2D eigenvalue weighted by molar-refractivity contribution is 0.107. The summed E-state index contributed by atoms with van der Waals surface area (Å²) in [5.74, 6) is 0. The van der Waals surface area contributed by atoms with E-state index in [0.29, 0.717) is 5.69 Å². The van der Waals surface area contributed by atoms with Crippen LogP contribution in [0.4, 0.5) is 8.78 Å². The molecule has 1 aromatic rings. The van der Waals surface area contributed by atoms with E-state index < -0.39 is 11.7 Å². The van der Waals surface area contributed by atoms with Crippen LogP contribution in [0.15, 0.2) is 6.07 Å². The highest BCUT2D eigenvalue weighted by Crippen LogP contribution is 2.24. The number of alkyl halides is 2. The molecule has 0 fully saturated rings. The van der Waals surface area contributed by atoms with Crippen LogP contribution in [0.5, 0.6) is 0 Å². The van der Waals surface area contributed by atoms with Gasteiger partial charge in [0.2, 0.25) is 0 Å². The molecule has 0 saturated carbocycles. The Bertz CT molecular complexity index is 379. The third kappa shape index (κ3) is 2.07. The smallest absolute Gasteiger partial charge is 0.265 e.